The summed E-state index contributed by atoms with van der Waals surface area (Å²) in [5, 5.41) is 13.9. The van der Waals surface area contributed by atoms with E-state index < -0.39 is 0 Å². The van der Waals surface area contributed by atoms with Crippen molar-refractivity contribution in [3.05, 3.63) is 67.1 Å². The smallest absolute Gasteiger partial charge is 0.160 e. The predicted octanol–water partition coefficient (Wildman–Crippen LogP) is 2.82. The second-order valence-electron chi connectivity index (χ2n) is 7.79. The third-order valence-electron chi connectivity index (χ3n) is 5.62. The van der Waals surface area contributed by atoms with Crippen LogP contribution in [0.2, 0.25) is 0 Å². The maximum absolute atomic E-state index is 5.56. The van der Waals surface area contributed by atoms with Crippen LogP contribution in [0.4, 0.5) is 5.82 Å². The maximum Gasteiger partial charge on any atom is 0.160 e. The first-order chi connectivity index (χ1) is 15.7. The molecule has 1 aliphatic heterocycles. The zero-order valence-corrected chi connectivity index (χ0v) is 17.7. The zero-order valence-electron chi connectivity index (χ0n) is 17.7. The molecular weight excluding hydrogens is 404 g/mol. The van der Waals surface area contributed by atoms with Gasteiger partial charge in [0.15, 0.2) is 11.5 Å². The number of anilines is 1. The van der Waals surface area contributed by atoms with Gasteiger partial charge in [0, 0.05) is 55.8 Å². The molecule has 1 saturated heterocycles. The van der Waals surface area contributed by atoms with E-state index in [9.17, 15) is 0 Å². The molecule has 1 aromatic carbocycles. The average Bonchev–Trinajstić information content (AvgIpc) is 3.59. The van der Waals surface area contributed by atoms with E-state index in [1.807, 2.05) is 71.2 Å². The summed E-state index contributed by atoms with van der Waals surface area (Å²) in [4.78, 5) is 7.16. The normalized spacial score (nSPS) is 14.3. The van der Waals surface area contributed by atoms with Crippen LogP contribution in [0.3, 0.4) is 0 Å². The Labute approximate surface area is 184 Å². The Balaban J connectivity index is 1.47. The van der Waals surface area contributed by atoms with Gasteiger partial charge in [-0.1, -0.05) is 30.3 Å². The van der Waals surface area contributed by atoms with E-state index in [0.717, 1.165) is 52.9 Å². The van der Waals surface area contributed by atoms with Gasteiger partial charge in [0.1, 0.15) is 5.82 Å². The molecule has 32 heavy (non-hydrogen) atoms. The van der Waals surface area contributed by atoms with Crippen LogP contribution in [0.15, 0.2) is 67.1 Å². The fraction of sp³-hybridized carbons (Fsp3) is 0.217. The molecule has 0 N–H and O–H groups in total. The summed E-state index contributed by atoms with van der Waals surface area (Å²) in [7, 11) is 1.90. The van der Waals surface area contributed by atoms with Gasteiger partial charge in [-0.05, 0) is 6.07 Å². The molecule has 0 amide bonds. The van der Waals surface area contributed by atoms with Crippen LogP contribution in [0.5, 0.6) is 0 Å². The van der Waals surface area contributed by atoms with Crippen molar-refractivity contribution in [2.45, 2.75) is 0 Å². The van der Waals surface area contributed by atoms with Crippen molar-refractivity contribution in [2.75, 3.05) is 31.2 Å². The number of ether oxygens (including phenoxy) is 1. The van der Waals surface area contributed by atoms with E-state index in [1.165, 1.54) is 0 Å². The number of morpholine rings is 1. The van der Waals surface area contributed by atoms with E-state index in [4.69, 9.17) is 19.9 Å². The number of fused-ring (bicyclic) bond motifs is 1. The van der Waals surface area contributed by atoms with Crippen LogP contribution in [0.25, 0.3) is 34.0 Å². The van der Waals surface area contributed by atoms with Gasteiger partial charge in [0.25, 0.3) is 0 Å². The number of aromatic nitrogens is 7. The highest BCUT2D eigenvalue weighted by molar-refractivity contribution is 5.66. The van der Waals surface area contributed by atoms with Crippen molar-refractivity contribution in [1.82, 2.24) is 34.2 Å². The number of nitrogens with zero attached hydrogens (tertiary/aromatic N) is 8. The Kier molecular flexibility index (Phi) is 4.46. The van der Waals surface area contributed by atoms with Gasteiger partial charge in [-0.3, -0.25) is 4.68 Å². The van der Waals surface area contributed by atoms with Crippen LogP contribution in [-0.2, 0) is 11.8 Å². The van der Waals surface area contributed by atoms with Gasteiger partial charge in [0.05, 0.1) is 30.8 Å². The van der Waals surface area contributed by atoms with Crippen LogP contribution in [-0.4, -0.2) is 60.5 Å². The molecule has 9 heteroatoms. The highest BCUT2D eigenvalue weighted by Crippen LogP contribution is 2.26. The Hall–Kier alpha value is -3.98. The second kappa shape index (κ2) is 7.61. The van der Waals surface area contributed by atoms with E-state index in [0.29, 0.717) is 13.2 Å². The second-order valence-corrected chi connectivity index (χ2v) is 7.79. The molecule has 0 spiro atoms. The fourth-order valence-corrected chi connectivity index (χ4v) is 3.99. The van der Waals surface area contributed by atoms with Gasteiger partial charge in [0.2, 0.25) is 0 Å². The summed E-state index contributed by atoms with van der Waals surface area (Å²) >= 11 is 0. The Morgan fingerprint density at radius 2 is 1.75 bits per heavy atom. The van der Waals surface area contributed by atoms with Crippen molar-refractivity contribution >= 4 is 11.5 Å². The minimum Gasteiger partial charge on any atom is -0.378 e. The van der Waals surface area contributed by atoms with Crippen LogP contribution < -0.4 is 4.90 Å². The number of hydrogen-bond acceptors (Lipinski definition) is 6. The third-order valence-corrected chi connectivity index (χ3v) is 5.62. The van der Waals surface area contributed by atoms with Crippen LogP contribution in [0, 0.1) is 0 Å². The van der Waals surface area contributed by atoms with Crippen LogP contribution >= 0.6 is 0 Å². The lowest BCUT2D eigenvalue weighted by Gasteiger charge is -2.29. The molecule has 160 valence electrons. The lowest BCUT2D eigenvalue weighted by molar-refractivity contribution is 0.122. The lowest BCUT2D eigenvalue weighted by Crippen LogP contribution is -2.37. The molecule has 4 aromatic heterocycles. The largest absolute Gasteiger partial charge is 0.378 e. The molecule has 1 fully saturated rings. The molecule has 1 aliphatic rings. The number of hydrogen-bond donors (Lipinski definition) is 0. The van der Waals surface area contributed by atoms with Gasteiger partial charge in [-0.2, -0.15) is 19.8 Å². The van der Waals surface area contributed by atoms with Crippen molar-refractivity contribution in [1.29, 1.82) is 0 Å². The summed E-state index contributed by atoms with van der Waals surface area (Å²) in [6.07, 6.45) is 5.72. The Bertz CT molecular complexity index is 1380. The quantitative estimate of drug-likeness (QED) is 0.440. The van der Waals surface area contributed by atoms with Crippen LogP contribution in [0.1, 0.15) is 0 Å². The summed E-state index contributed by atoms with van der Waals surface area (Å²) in [6, 6.07) is 16.2. The number of aryl methyl sites for hydroxylation is 1. The van der Waals surface area contributed by atoms with E-state index in [2.05, 4.69) is 22.1 Å². The summed E-state index contributed by atoms with van der Waals surface area (Å²) in [5.41, 5.74) is 4.54. The van der Waals surface area contributed by atoms with E-state index in [1.54, 1.807) is 4.68 Å². The molecule has 0 atom stereocenters. The first-order valence-electron chi connectivity index (χ1n) is 10.6. The van der Waals surface area contributed by atoms with Gasteiger partial charge in [-0.15, -0.1) is 0 Å². The first-order valence-corrected chi connectivity index (χ1v) is 10.6. The maximum atomic E-state index is 5.56. The van der Waals surface area contributed by atoms with Crippen molar-refractivity contribution < 1.29 is 4.74 Å². The molecule has 0 aliphatic carbocycles. The minimum atomic E-state index is 0.690. The fourth-order valence-electron chi connectivity index (χ4n) is 3.99. The predicted molar refractivity (Wildman–Crippen MR) is 121 cm³/mol. The highest BCUT2D eigenvalue weighted by Gasteiger charge is 2.19. The van der Waals surface area contributed by atoms with Gasteiger partial charge in [-0.25, -0.2) is 9.67 Å². The Morgan fingerprint density at radius 1 is 0.906 bits per heavy atom. The molecule has 5 heterocycles. The first kappa shape index (κ1) is 18.8. The molecule has 0 unspecified atom stereocenters. The topological polar surface area (TPSA) is 78.3 Å². The Morgan fingerprint density at radius 3 is 2.53 bits per heavy atom. The van der Waals surface area contributed by atoms with Gasteiger partial charge < -0.3 is 9.64 Å². The zero-order chi connectivity index (χ0) is 21.5. The minimum absolute atomic E-state index is 0.690. The van der Waals surface area contributed by atoms with E-state index in [-0.39, 0.29) is 0 Å². The van der Waals surface area contributed by atoms with Crippen molar-refractivity contribution in [2.24, 2.45) is 7.05 Å². The third kappa shape index (κ3) is 3.32. The van der Waals surface area contributed by atoms with Crippen molar-refractivity contribution in [3.8, 4) is 28.3 Å². The molecule has 6 rings (SSSR count). The number of benzene rings is 1. The summed E-state index contributed by atoms with van der Waals surface area (Å²) < 4.78 is 11.1. The van der Waals surface area contributed by atoms with Gasteiger partial charge >= 0.3 is 0 Å². The highest BCUT2D eigenvalue weighted by atomic mass is 16.5. The lowest BCUT2D eigenvalue weighted by atomic mass is 10.2. The monoisotopic (exact) mass is 426 g/mol. The molecule has 0 saturated carbocycles. The summed E-state index contributed by atoms with van der Waals surface area (Å²) in [5.74, 6) is 1.72. The molecule has 0 bridgehead atoms. The molecular formula is C23H22N8O. The summed E-state index contributed by atoms with van der Waals surface area (Å²) in [6.45, 7) is 2.98. The van der Waals surface area contributed by atoms with E-state index >= 15 is 0 Å². The SMILES string of the molecule is Cn1cc(-c2cc3nc(-n4ccc(-c5ccccc5)n4)cc(N4CCOCC4)n3n2)cn1. The standard InChI is InChI=1S/C23H22N8O/c1-28-16-18(15-24-28)20-13-22-25-21(14-23(31(22)27-20)29-9-11-32-12-10-29)30-8-7-19(26-30)17-5-3-2-4-6-17/h2-8,13-16H,9-12H2,1H3. The molecule has 0 radical (unpaired) electrons. The molecule has 5 aromatic rings. The van der Waals surface area contributed by atoms with Crippen molar-refractivity contribution in [3.63, 3.8) is 0 Å². The average molecular weight is 426 g/mol. The number of rotatable bonds is 4. The molecule has 9 nitrogen and oxygen atoms in total.